The highest BCUT2D eigenvalue weighted by molar-refractivity contribution is 6.40. The molecule has 0 aromatic heterocycles. The average molecular weight is 334 g/mol. The van der Waals surface area contributed by atoms with E-state index in [0.29, 0.717) is 16.5 Å². The third-order valence-corrected chi connectivity index (χ3v) is 4.00. The lowest BCUT2D eigenvalue weighted by molar-refractivity contribution is -0.136. The minimum Gasteiger partial charge on any atom is -0.507 e. The van der Waals surface area contributed by atoms with Crippen molar-refractivity contribution < 1.29 is 14.7 Å². The van der Waals surface area contributed by atoms with Gasteiger partial charge in [-0.25, -0.2) is 0 Å². The van der Waals surface area contributed by atoms with Crippen LogP contribution in [0.5, 0.6) is 5.75 Å². The fraction of sp³-hybridized carbons (Fsp3) is 0.100. The first-order chi connectivity index (χ1) is 12.1. The molecular weight excluding hydrogens is 316 g/mol. The van der Waals surface area contributed by atoms with Crippen LogP contribution in [0.4, 0.5) is 5.69 Å². The first-order valence-corrected chi connectivity index (χ1v) is 7.94. The number of phenolic OH excluding ortho intramolecular Hbond substituents is 1. The number of nitrogens with one attached hydrogen (secondary N) is 2. The van der Waals surface area contributed by atoms with Crippen LogP contribution in [-0.2, 0) is 9.59 Å². The molecule has 3 aromatic carbocycles. The van der Waals surface area contributed by atoms with Crippen LogP contribution < -0.4 is 10.6 Å². The van der Waals surface area contributed by atoms with E-state index in [2.05, 4.69) is 10.6 Å². The molecule has 3 aromatic rings. The summed E-state index contributed by atoms with van der Waals surface area (Å²) in [6.45, 7) is 1.82. The maximum atomic E-state index is 12.2. The molecule has 0 saturated carbocycles. The SMILES string of the molecule is C[C@@H](NC(=O)C(=O)Nc1cccc2c(O)cccc12)c1ccccc1. The van der Waals surface area contributed by atoms with E-state index < -0.39 is 11.8 Å². The van der Waals surface area contributed by atoms with Crippen LogP contribution in [0.15, 0.2) is 66.7 Å². The number of amides is 2. The van der Waals surface area contributed by atoms with Gasteiger partial charge in [-0.3, -0.25) is 9.59 Å². The molecule has 1 atom stereocenters. The Hall–Kier alpha value is -3.34. The zero-order valence-corrected chi connectivity index (χ0v) is 13.7. The molecule has 0 fully saturated rings. The van der Waals surface area contributed by atoms with Gasteiger partial charge in [0.1, 0.15) is 5.75 Å². The normalized spacial score (nSPS) is 11.7. The molecule has 5 nitrogen and oxygen atoms in total. The molecule has 0 aliphatic carbocycles. The van der Waals surface area contributed by atoms with E-state index in [1.165, 1.54) is 0 Å². The quantitative estimate of drug-likeness (QED) is 0.643. The zero-order valence-electron chi connectivity index (χ0n) is 13.7. The minimum absolute atomic E-state index is 0.121. The largest absolute Gasteiger partial charge is 0.507 e. The molecule has 3 rings (SSSR count). The standard InChI is InChI=1S/C20H18N2O3/c1-13(14-7-3-2-4-8-14)21-19(24)20(25)22-17-11-5-10-16-15(17)9-6-12-18(16)23/h2-13,23H,1H3,(H,21,24)(H,22,25)/t13-/m1/s1. The molecular formula is C20H18N2O3. The van der Waals surface area contributed by atoms with Crippen molar-refractivity contribution in [2.45, 2.75) is 13.0 Å². The number of carbonyl (C=O) groups is 2. The number of phenols is 1. The molecule has 0 aliphatic heterocycles. The molecule has 0 aliphatic rings. The van der Waals surface area contributed by atoms with Crippen LogP contribution in [0.1, 0.15) is 18.5 Å². The third kappa shape index (κ3) is 3.61. The summed E-state index contributed by atoms with van der Waals surface area (Å²) < 4.78 is 0. The lowest BCUT2D eigenvalue weighted by atomic mass is 10.1. The Bertz CT molecular complexity index is 923. The second kappa shape index (κ2) is 7.05. The van der Waals surface area contributed by atoms with Gasteiger partial charge in [-0.05, 0) is 24.6 Å². The first-order valence-electron chi connectivity index (χ1n) is 7.94. The molecule has 2 amide bonds. The van der Waals surface area contributed by atoms with Crippen LogP contribution in [0, 0.1) is 0 Å². The van der Waals surface area contributed by atoms with Crippen LogP contribution in [0.25, 0.3) is 10.8 Å². The van der Waals surface area contributed by atoms with Gasteiger partial charge >= 0.3 is 11.8 Å². The Morgan fingerprint density at radius 1 is 0.840 bits per heavy atom. The number of aromatic hydroxyl groups is 1. The zero-order chi connectivity index (χ0) is 17.8. The molecule has 0 heterocycles. The number of hydrogen-bond donors (Lipinski definition) is 3. The summed E-state index contributed by atoms with van der Waals surface area (Å²) in [7, 11) is 0. The highest BCUT2D eigenvalue weighted by atomic mass is 16.3. The van der Waals surface area contributed by atoms with E-state index in [9.17, 15) is 14.7 Å². The Morgan fingerprint density at radius 3 is 2.28 bits per heavy atom. The summed E-state index contributed by atoms with van der Waals surface area (Å²) in [6.07, 6.45) is 0. The summed E-state index contributed by atoms with van der Waals surface area (Å²) in [4.78, 5) is 24.4. The molecule has 5 heteroatoms. The van der Waals surface area contributed by atoms with Gasteiger partial charge in [-0.15, -0.1) is 0 Å². The summed E-state index contributed by atoms with van der Waals surface area (Å²) in [5.74, 6) is -1.34. The second-order valence-corrected chi connectivity index (χ2v) is 5.74. The fourth-order valence-corrected chi connectivity index (χ4v) is 2.67. The number of rotatable bonds is 3. The van der Waals surface area contributed by atoms with Crippen molar-refractivity contribution >= 4 is 28.3 Å². The minimum atomic E-state index is -0.751. The maximum absolute atomic E-state index is 12.2. The average Bonchev–Trinajstić information content (AvgIpc) is 2.63. The topological polar surface area (TPSA) is 78.4 Å². The summed E-state index contributed by atoms with van der Waals surface area (Å²) in [5, 5.41) is 16.4. The molecule has 0 bridgehead atoms. The van der Waals surface area contributed by atoms with E-state index >= 15 is 0 Å². The molecule has 0 saturated heterocycles. The van der Waals surface area contributed by atoms with E-state index in [0.717, 1.165) is 5.56 Å². The first kappa shape index (κ1) is 16.5. The van der Waals surface area contributed by atoms with Gasteiger partial charge < -0.3 is 15.7 Å². The number of benzene rings is 3. The van der Waals surface area contributed by atoms with Crippen molar-refractivity contribution in [2.75, 3.05) is 5.32 Å². The predicted molar refractivity (Wildman–Crippen MR) is 97.2 cm³/mol. The molecule has 0 spiro atoms. The van der Waals surface area contributed by atoms with Crippen LogP contribution in [0.2, 0.25) is 0 Å². The summed E-state index contributed by atoms with van der Waals surface area (Å²) in [5.41, 5.74) is 1.39. The van der Waals surface area contributed by atoms with Crippen LogP contribution in [-0.4, -0.2) is 16.9 Å². The molecule has 3 N–H and O–H groups in total. The lowest BCUT2D eigenvalue weighted by Crippen LogP contribution is -2.36. The maximum Gasteiger partial charge on any atom is 0.313 e. The van der Waals surface area contributed by atoms with Gasteiger partial charge in [-0.1, -0.05) is 54.6 Å². The number of fused-ring (bicyclic) bond motifs is 1. The fourth-order valence-electron chi connectivity index (χ4n) is 2.67. The van der Waals surface area contributed by atoms with Gasteiger partial charge in [0.15, 0.2) is 0 Å². The Kier molecular flexibility index (Phi) is 4.66. The van der Waals surface area contributed by atoms with Gasteiger partial charge in [0, 0.05) is 16.5 Å². The van der Waals surface area contributed by atoms with E-state index in [1.807, 2.05) is 37.3 Å². The van der Waals surface area contributed by atoms with Crippen molar-refractivity contribution in [3.63, 3.8) is 0 Å². The summed E-state index contributed by atoms with van der Waals surface area (Å²) >= 11 is 0. The number of anilines is 1. The van der Waals surface area contributed by atoms with Gasteiger partial charge in [-0.2, -0.15) is 0 Å². The van der Waals surface area contributed by atoms with Crippen molar-refractivity contribution in [2.24, 2.45) is 0 Å². The van der Waals surface area contributed by atoms with E-state index in [4.69, 9.17) is 0 Å². The Labute approximate surface area is 145 Å². The van der Waals surface area contributed by atoms with Gasteiger partial charge in [0.25, 0.3) is 0 Å². The monoisotopic (exact) mass is 334 g/mol. The van der Waals surface area contributed by atoms with Crippen molar-refractivity contribution in [1.82, 2.24) is 5.32 Å². The Balaban J connectivity index is 1.74. The van der Waals surface area contributed by atoms with Crippen LogP contribution in [0.3, 0.4) is 0 Å². The van der Waals surface area contributed by atoms with Crippen molar-refractivity contribution in [1.29, 1.82) is 0 Å². The van der Waals surface area contributed by atoms with E-state index in [1.54, 1.807) is 36.4 Å². The molecule has 0 unspecified atom stereocenters. The predicted octanol–water partition coefficient (Wildman–Crippen LogP) is 3.36. The molecule has 25 heavy (non-hydrogen) atoms. The lowest BCUT2D eigenvalue weighted by Gasteiger charge is -2.14. The van der Waals surface area contributed by atoms with E-state index in [-0.39, 0.29) is 11.8 Å². The van der Waals surface area contributed by atoms with Gasteiger partial charge in [0.05, 0.1) is 6.04 Å². The Morgan fingerprint density at radius 2 is 1.52 bits per heavy atom. The number of carbonyl (C=O) groups excluding carboxylic acids is 2. The second-order valence-electron chi connectivity index (χ2n) is 5.74. The van der Waals surface area contributed by atoms with Crippen molar-refractivity contribution in [3.05, 3.63) is 72.3 Å². The highest BCUT2D eigenvalue weighted by Gasteiger charge is 2.18. The summed E-state index contributed by atoms with van der Waals surface area (Å²) in [6, 6.07) is 19.3. The van der Waals surface area contributed by atoms with Crippen molar-refractivity contribution in [3.8, 4) is 5.75 Å². The van der Waals surface area contributed by atoms with Gasteiger partial charge in [0.2, 0.25) is 0 Å². The molecule has 126 valence electrons. The highest BCUT2D eigenvalue weighted by Crippen LogP contribution is 2.29. The number of hydrogen-bond acceptors (Lipinski definition) is 3. The smallest absolute Gasteiger partial charge is 0.313 e. The van der Waals surface area contributed by atoms with Crippen LogP contribution >= 0.6 is 0 Å². The third-order valence-electron chi connectivity index (χ3n) is 4.00. The molecule has 0 radical (unpaired) electrons.